The molecule has 18 heavy (non-hydrogen) atoms. The van der Waals surface area contributed by atoms with Crippen molar-refractivity contribution in [2.24, 2.45) is 10.9 Å². The molecule has 1 aliphatic rings. The van der Waals surface area contributed by atoms with Crippen LogP contribution in [0.1, 0.15) is 30.0 Å². The molecule has 0 unspecified atom stereocenters. The zero-order valence-corrected chi connectivity index (χ0v) is 10.5. The summed E-state index contributed by atoms with van der Waals surface area (Å²) in [5.41, 5.74) is 9.14. The standard InChI is InChI=1S/C13H14ClN3O/c14-7-4-5-11-10(6-7)8-2-1-3-9(12(8)16-11)13(15)17-18/h4-6,9,16,18H,1-3H2,(H2,15,17)/t9-/m1/s1. The van der Waals surface area contributed by atoms with Crippen LogP contribution < -0.4 is 5.73 Å². The minimum atomic E-state index is -0.0232. The van der Waals surface area contributed by atoms with E-state index in [4.69, 9.17) is 22.5 Å². The van der Waals surface area contributed by atoms with Crippen LogP contribution in [0.2, 0.25) is 5.02 Å². The summed E-state index contributed by atoms with van der Waals surface area (Å²) in [4.78, 5) is 3.38. The summed E-state index contributed by atoms with van der Waals surface area (Å²) in [5.74, 6) is 0.249. The highest BCUT2D eigenvalue weighted by Crippen LogP contribution is 2.36. The molecular weight excluding hydrogens is 250 g/mol. The van der Waals surface area contributed by atoms with E-state index in [0.717, 1.165) is 40.9 Å². The molecule has 5 heteroatoms. The maximum absolute atomic E-state index is 8.86. The van der Waals surface area contributed by atoms with Crippen molar-refractivity contribution in [1.29, 1.82) is 0 Å². The maximum Gasteiger partial charge on any atom is 0.148 e. The molecule has 4 nitrogen and oxygen atoms in total. The number of aromatic nitrogens is 1. The predicted molar refractivity (Wildman–Crippen MR) is 72.4 cm³/mol. The Hall–Kier alpha value is -1.68. The van der Waals surface area contributed by atoms with Gasteiger partial charge in [0, 0.05) is 21.6 Å². The second kappa shape index (κ2) is 4.21. The molecule has 0 radical (unpaired) electrons. The van der Waals surface area contributed by atoms with E-state index in [9.17, 15) is 0 Å². The van der Waals surface area contributed by atoms with Crippen molar-refractivity contribution in [2.75, 3.05) is 0 Å². The Morgan fingerprint density at radius 2 is 2.33 bits per heavy atom. The first-order chi connectivity index (χ1) is 8.70. The highest BCUT2D eigenvalue weighted by atomic mass is 35.5. The van der Waals surface area contributed by atoms with Gasteiger partial charge < -0.3 is 15.9 Å². The lowest BCUT2D eigenvalue weighted by Gasteiger charge is -2.21. The van der Waals surface area contributed by atoms with E-state index in [-0.39, 0.29) is 11.8 Å². The fraction of sp³-hybridized carbons (Fsp3) is 0.308. The fourth-order valence-electron chi connectivity index (χ4n) is 2.80. The van der Waals surface area contributed by atoms with E-state index in [1.807, 2.05) is 18.2 Å². The van der Waals surface area contributed by atoms with Gasteiger partial charge in [-0.25, -0.2) is 0 Å². The second-order valence-electron chi connectivity index (χ2n) is 4.68. The lowest BCUT2D eigenvalue weighted by Crippen LogP contribution is -2.25. The van der Waals surface area contributed by atoms with Crippen molar-refractivity contribution < 1.29 is 5.21 Å². The van der Waals surface area contributed by atoms with Gasteiger partial charge in [-0.3, -0.25) is 0 Å². The molecule has 1 aromatic carbocycles. The number of nitrogens with one attached hydrogen (secondary N) is 1. The molecule has 1 aliphatic carbocycles. The number of aryl methyl sites for hydroxylation is 1. The van der Waals surface area contributed by atoms with Crippen molar-refractivity contribution in [2.45, 2.75) is 25.2 Å². The zero-order chi connectivity index (χ0) is 12.7. The third-order valence-electron chi connectivity index (χ3n) is 3.64. The maximum atomic E-state index is 8.86. The van der Waals surface area contributed by atoms with Gasteiger partial charge in [0.15, 0.2) is 0 Å². The Balaban J connectivity index is 2.21. The van der Waals surface area contributed by atoms with E-state index >= 15 is 0 Å². The molecule has 0 fully saturated rings. The lowest BCUT2D eigenvalue weighted by atomic mass is 9.86. The van der Waals surface area contributed by atoms with Gasteiger partial charge in [0.25, 0.3) is 0 Å². The number of hydrogen-bond donors (Lipinski definition) is 3. The molecule has 94 valence electrons. The molecule has 0 amide bonds. The number of rotatable bonds is 1. The molecule has 0 spiro atoms. The zero-order valence-electron chi connectivity index (χ0n) is 9.78. The summed E-state index contributed by atoms with van der Waals surface area (Å²) in [5, 5.41) is 13.9. The van der Waals surface area contributed by atoms with Crippen LogP contribution in [0.3, 0.4) is 0 Å². The summed E-state index contributed by atoms with van der Waals surface area (Å²) in [6.45, 7) is 0. The van der Waals surface area contributed by atoms with Crippen LogP contribution >= 0.6 is 11.6 Å². The van der Waals surface area contributed by atoms with Crippen molar-refractivity contribution in [3.63, 3.8) is 0 Å². The summed E-state index contributed by atoms with van der Waals surface area (Å²) in [6, 6.07) is 5.81. The van der Waals surface area contributed by atoms with Crippen LogP contribution in [0.4, 0.5) is 0 Å². The van der Waals surface area contributed by atoms with Crippen molar-refractivity contribution in [3.8, 4) is 0 Å². The average Bonchev–Trinajstić information content (AvgIpc) is 2.75. The Bertz CT molecular complexity index is 632. The van der Waals surface area contributed by atoms with Gasteiger partial charge in [-0.15, -0.1) is 0 Å². The number of nitrogens with two attached hydrogens (primary N) is 1. The van der Waals surface area contributed by atoms with E-state index in [1.54, 1.807) is 0 Å². The normalized spacial score (nSPS) is 20.1. The first kappa shape index (κ1) is 11.4. The quantitative estimate of drug-likeness (QED) is 0.320. The third-order valence-corrected chi connectivity index (χ3v) is 3.88. The summed E-state index contributed by atoms with van der Waals surface area (Å²) in [6.07, 6.45) is 2.95. The largest absolute Gasteiger partial charge is 0.409 e. The van der Waals surface area contributed by atoms with Gasteiger partial charge in [-0.05, 0) is 43.0 Å². The topological polar surface area (TPSA) is 74.4 Å². The highest BCUT2D eigenvalue weighted by Gasteiger charge is 2.27. The molecule has 1 heterocycles. The Kier molecular flexibility index (Phi) is 2.67. The molecule has 0 saturated carbocycles. The van der Waals surface area contributed by atoms with E-state index in [1.165, 1.54) is 5.56 Å². The monoisotopic (exact) mass is 263 g/mol. The Morgan fingerprint density at radius 3 is 3.11 bits per heavy atom. The number of aromatic amines is 1. The molecule has 3 rings (SSSR count). The molecule has 0 aliphatic heterocycles. The second-order valence-corrected chi connectivity index (χ2v) is 5.11. The highest BCUT2D eigenvalue weighted by molar-refractivity contribution is 6.31. The van der Waals surface area contributed by atoms with Gasteiger partial charge in [-0.2, -0.15) is 0 Å². The number of H-pyrrole nitrogens is 1. The number of oxime groups is 1. The number of hydrogen-bond acceptors (Lipinski definition) is 2. The minimum Gasteiger partial charge on any atom is -0.409 e. The minimum absolute atomic E-state index is 0.0232. The van der Waals surface area contributed by atoms with Gasteiger partial charge in [0.05, 0.1) is 5.92 Å². The number of halogens is 1. The fourth-order valence-corrected chi connectivity index (χ4v) is 2.97. The van der Waals surface area contributed by atoms with Gasteiger partial charge in [0.2, 0.25) is 0 Å². The van der Waals surface area contributed by atoms with Crippen LogP contribution in [0.25, 0.3) is 10.9 Å². The summed E-state index contributed by atoms with van der Waals surface area (Å²) < 4.78 is 0. The SMILES string of the molecule is N/C(=N\O)[C@@H]1CCCc2c1[nH]c1ccc(Cl)cc21. The first-order valence-corrected chi connectivity index (χ1v) is 6.36. The molecule has 1 atom stereocenters. The third kappa shape index (κ3) is 1.64. The average molecular weight is 264 g/mol. The molecule has 1 aromatic heterocycles. The molecule has 4 N–H and O–H groups in total. The lowest BCUT2D eigenvalue weighted by molar-refractivity contribution is 0.315. The Labute approximate surface area is 109 Å². The van der Waals surface area contributed by atoms with Crippen LogP contribution in [0.15, 0.2) is 23.4 Å². The number of amidine groups is 1. The van der Waals surface area contributed by atoms with Gasteiger partial charge in [-0.1, -0.05) is 16.8 Å². The Morgan fingerprint density at radius 1 is 1.50 bits per heavy atom. The van der Waals surface area contributed by atoms with Crippen LogP contribution in [0.5, 0.6) is 0 Å². The summed E-state index contributed by atoms with van der Waals surface area (Å²) >= 11 is 6.04. The van der Waals surface area contributed by atoms with Crippen LogP contribution in [-0.2, 0) is 6.42 Å². The predicted octanol–water partition coefficient (Wildman–Crippen LogP) is 2.99. The van der Waals surface area contributed by atoms with Crippen molar-refractivity contribution in [3.05, 3.63) is 34.5 Å². The number of fused-ring (bicyclic) bond motifs is 3. The molecule has 0 saturated heterocycles. The molecule has 2 aromatic rings. The van der Waals surface area contributed by atoms with Crippen LogP contribution in [0, 0.1) is 0 Å². The van der Waals surface area contributed by atoms with E-state index in [2.05, 4.69) is 10.1 Å². The van der Waals surface area contributed by atoms with E-state index in [0.29, 0.717) is 0 Å². The summed E-state index contributed by atoms with van der Waals surface area (Å²) in [7, 11) is 0. The smallest absolute Gasteiger partial charge is 0.148 e. The van der Waals surface area contributed by atoms with E-state index < -0.39 is 0 Å². The van der Waals surface area contributed by atoms with Crippen molar-refractivity contribution in [1.82, 2.24) is 4.98 Å². The molecular formula is C13H14ClN3O. The van der Waals surface area contributed by atoms with Crippen LogP contribution in [-0.4, -0.2) is 16.0 Å². The number of nitrogens with zero attached hydrogens (tertiary/aromatic N) is 1. The first-order valence-electron chi connectivity index (χ1n) is 5.98. The van der Waals surface area contributed by atoms with Gasteiger partial charge >= 0.3 is 0 Å². The van der Waals surface area contributed by atoms with Gasteiger partial charge in [0.1, 0.15) is 5.84 Å². The molecule has 0 bridgehead atoms. The van der Waals surface area contributed by atoms with Crippen molar-refractivity contribution >= 4 is 28.3 Å². The number of benzene rings is 1.